The van der Waals surface area contributed by atoms with Gasteiger partial charge in [0.1, 0.15) is 0 Å². The van der Waals surface area contributed by atoms with Crippen LogP contribution in [-0.2, 0) is 23.8 Å². The molecule has 5 heteroatoms. The van der Waals surface area contributed by atoms with Gasteiger partial charge in [0.15, 0.2) is 0 Å². The molecule has 0 unspecified atom stereocenters. The summed E-state index contributed by atoms with van der Waals surface area (Å²) in [6.07, 6.45) is 1.40. The zero-order valence-corrected chi connectivity index (χ0v) is 8.76. The molecule has 1 aliphatic heterocycles. The van der Waals surface area contributed by atoms with E-state index in [2.05, 4.69) is 9.47 Å². The molecule has 1 saturated carbocycles. The van der Waals surface area contributed by atoms with Crippen LogP contribution in [0.5, 0.6) is 0 Å². The van der Waals surface area contributed by atoms with E-state index in [-0.39, 0.29) is 24.1 Å². The van der Waals surface area contributed by atoms with E-state index in [4.69, 9.17) is 4.74 Å². The highest BCUT2D eigenvalue weighted by atomic mass is 16.6. The summed E-state index contributed by atoms with van der Waals surface area (Å²) >= 11 is 0. The van der Waals surface area contributed by atoms with E-state index >= 15 is 0 Å². The molecule has 0 aromatic rings. The number of carbonyl (C=O) groups excluding carboxylic acids is 2. The highest BCUT2D eigenvalue weighted by molar-refractivity contribution is 5.82. The number of esters is 2. The summed E-state index contributed by atoms with van der Waals surface area (Å²) in [7, 11) is 2.66. The topological polar surface area (TPSA) is 65.1 Å². The summed E-state index contributed by atoms with van der Waals surface area (Å²) in [5.74, 6) is -1.52. The molecule has 15 heavy (non-hydrogen) atoms. The third-order valence-corrected chi connectivity index (χ3v) is 3.15. The Balaban J connectivity index is 2.09. The molecular formula is C10H14O5. The molecule has 2 fully saturated rings. The van der Waals surface area contributed by atoms with Crippen molar-refractivity contribution in [2.75, 3.05) is 14.2 Å². The van der Waals surface area contributed by atoms with Crippen LogP contribution in [0.4, 0.5) is 0 Å². The Labute approximate surface area is 87.7 Å². The van der Waals surface area contributed by atoms with Crippen LogP contribution in [0.25, 0.3) is 0 Å². The van der Waals surface area contributed by atoms with Crippen molar-refractivity contribution in [3.63, 3.8) is 0 Å². The van der Waals surface area contributed by atoms with E-state index in [1.807, 2.05) is 0 Å². The molecule has 5 nitrogen and oxygen atoms in total. The normalized spacial score (nSPS) is 37.7. The first-order valence-electron chi connectivity index (χ1n) is 4.98. The van der Waals surface area contributed by atoms with Crippen molar-refractivity contribution in [2.45, 2.75) is 25.0 Å². The summed E-state index contributed by atoms with van der Waals surface area (Å²) in [4.78, 5) is 23.0. The van der Waals surface area contributed by atoms with Gasteiger partial charge in [0.25, 0.3) is 0 Å². The molecule has 0 amide bonds. The first kappa shape index (κ1) is 10.4. The van der Waals surface area contributed by atoms with E-state index < -0.39 is 11.8 Å². The van der Waals surface area contributed by atoms with Gasteiger partial charge in [0, 0.05) is 0 Å². The van der Waals surface area contributed by atoms with Crippen molar-refractivity contribution in [1.82, 2.24) is 0 Å². The van der Waals surface area contributed by atoms with Crippen molar-refractivity contribution in [1.29, 1.82) is 0 Å². The van der Waals surface area contributed by atoms with Crippen LogP contribution in [0, 0.1) is 11.8 Å². The highest BCUT2D eigenvalue weighted by Crippen LogP contribution is 2.43. The molecule has 1 heterocycles. The minimum absolute atomic E-state index is 0.134. The zero-order chi connectivity index (χ0) is 11.0. The average molecular weight is 214 g/mol. The number of carbonyl (C=O) groups is 2. The second-order valence-corrected chi connectivity index (χ2v) is 3.94. The van der Waals surface area contributed by atoms with E-state index in [1.165, 1.54) is 14.2 Å². The molecule has 0 spiro atoms. The van der Waals surface area contributed by atoms with Crippen LogP contribution < -0.4 is 0 Å². The minimum Gasteiger partial charge on any atom is -0.469 e. The third kappa shape index (κ3) is 1.84. The van der Waals surface area contributed by atoms with Gasteiger partial charge in [-0.05, 0) is 12.8 Å². The molecule has 0 aromatic carbocycles. The van der Waals surface area contributed by atoms with E-state index in [0.717, 1.165) is 0 Å². The van der Waals surface area contributed by atoms with Crippen molar-refractivity contribution >= 4 is 11.9 Å². The van der Waals surface area contributed by atoms with Gasteiger partial charge >= 0.3 is 11.9 Å². The molecule has 4 atom stereocenters. The number of rotatable bonds is 2. The average Bonchev–Trinajstić information content (AvgIpc) is 3.03. The van der Waals surface area contributed by atoms with E-state index in [9.17, 15) is 9.59 Å². The Kier molecular flexibility index (Phi) is 2.65. The lowest BCUT2D eigenvalue weighted by atomic mass is 9.79. The number of ether oxygens (including phenoxy) is 3. The highest BCUT2D eigenvalue weighted by Gasteiger charge is 2.53. The number of methoxy groups -OCH3 is 2. The maximum atomic E-state index is 11.5. The predicted molar refractivity (Wildman–Crippen MR) is 48.9 cm³/mol. The van der Waals surface area contributed by atoms with Gasteiger partial charge in [-0.3, -0.25) is 9.59 Å². The van der Waals surface area contributed by atoms with Crippen LogP contribution in [0.2, 0.25) is 0 Å². The standard InChI is InChI=1S/C10H14O5/c1-13-9(11)5-3-7-8(15-7)4-6(5)10(12)14-2/h5-8H,3-4H2,1-2H3/t5-,6-,7-,8+/m0/s1. The van der Waals surface area contributed by atoms with Gasteiger partial charge < -0.3 is 14.2 Å². The van der Waals surface area contributed by atoms with Crippen LogP contribution >= 0.6 is 0 Å². The molecule has 84 valence electrons. The van der Waals surface area contributed by atoms with Crippen LogP contribution in [-0.4, -0.2) is 38.4 Å². The summed E-state index contributed by atoms with van der Waals surface area (Å²) in [6, 6.07) is 0. The van der Waals surface area contributed by atoms with E-state index in [0.29, 0.717) is 12.8 Å². The smallest absolute Gasteiger partial charge is 0.309 e. The molecule has 2 rings (SSSR count). The number of epoxide rings is 1. The van der Waals surface area contributed by atoms with Gasteiger partial charge in [-0.15, -0.1) is 0 Å². The number of fused-ring (bicyclic) bond motifs is 1. The van der Waals surface area contributed by atoms with Crippen molar-refractivity contribution in [3.05, 3.63) is 0 Å². The van der Waals surface area contributed by atoms with E-state index in [1.54, 1.807) is 0 Å². The molecule has 0 radical (unpaired) electrons. The molecule has 1 saturated heterocycles. The summed E-state index contributed by atoms with van der Waals surface area (Å²) in [5.41, 5.74) is 0. The summed E-state index contributed by atoms with van der Waals surface area (Å²) in [5, 5.41) is 0. The maximum Gasteiger partial charge on any atom is 0.309 e. The Morgan fingerprint density at radius 3 is 1.73 bits per heavy atom. The lowest BCUT2D eigenvalue weighted by Crippen LogP contribution is -2.36. The Morgan fingerprint density at radius 2 is 1.40 bits per heavy atom. The zero-order valence-electron chi connectivity index (χ0n) is 8.76. The molecule has 0 bridgehead atoms. The second kappa shape index (κ2) is 3.81. The van der Waals surface area contributed by atoms with Gasteiger partial charge in [-0.25, -0.2) is 0 Å². The lowest BCUT2D eigenvalue weighted by molar-refractivity contribution is -0.158. The SMILES string of the molecule is COC(=O)[C@H]1C[C@@H]2O[C@@H]2C[C@@H]1C(=O)OC. The number of hydrogen-bond acceptors (Lipinski definition) is 5. The van der Waals surface area contributed by atoms with Gasteiger partial charge in [0.2, 0.25) is 0 Å². The van der Waals surface area contributed by atoms with Gasteiger partial charge in [-0.1, -0.05) is 0 Å². The molecule has 1 aliphatic carbocycles. The first-order valence-corrected chi connectivity index (χ1v) is 4.98. The van der Waals surface area contributed by atoms with Crippen LogP contribution in [0.15, 0.2) is 0 Å². The minimum atomic E-state index is -0.411. The first-order chi connectivity index (χ1) is 7.17. The molecule has 2 aliphatic rings. The summed E-state index contributed by atoms with van der Waals surface area (Å²) < 4.78 is 14.7. The van der Waals surface area contributed by atoms with Crippen LogP contribution in [0.1, 0.15) is 12.8 Å². The predicted octanol–water partition coefficient (Wildman–Crippen LogP) is 0.126. The van der Waals surface area contributed by atoms with Gasteiger partial charge in [0.05, 0.1) is 38.3 Å². The Bertz CT molecular complexity index is 260. The number of hydrogen-bond donors (Lipinski definition) is 0. The quantitative estimate of drug-likeness (QED) is 0.482. The van der Waals surface area contributed by atoms with Gasteiger partial charge in [-0.2, -0.15) is 0 Å². The summed E-state index contributed by atoms with van der Waals surface area (Å²) in [6.45, 7) is 0. The fourth-order valence-corrected chi connectivity index (χ4v) is 2.25. The van der Waals surface area contributed by atoms with Crippen molar-refractivity contribution in [3.8, 4) is 0 Å². The van der Waals surface area contributed by atoms with Crippen molar-refractivity contribution in [2.24, 2.45) is 11.8 Å². The maximum absolute atomic E-state index is 11.5. The fourth-order valence-electron chi connectivity index (χ4n) is 2.25. The molecular weight excluding hydrogens is 200 g/mol. The Morgan fingerprint density at radius 1 is 1.00 bits per heavy atom. The lowest BCUT2D eigenvalue weighted by Gasteiger charge is -2.24. The van der Waals surface area contributed by atoms with Crippen LogP contribution in [0.3, 0.4) is 0 Å². The third-order valence-electron chi connectivity index (χ3n) is 3.15. The Hall–Kier alpha value is -1.10. The monoisotopic (exact) mass is 214 g/mol. The van der Waals surface area contributed by atoms with Crippen molar-refractivity contribution < 1.29 is 23.8 Å². The second-order valence-electron chi connectivity index (χ2n) is 3.94. The molecule has 0 aromatic heterocycles. The largest absolute Gasteiger partial charge is 0.469 e. The molecule has 0 N–H and O–H groups in total. The fraction of sp³-hybridized carbons (Fsp3) is 0.800.